The number of carbonyl (C=O) groups excluding carboxylic acids is 4. The molecular formula is C53H64F10N8O8. The predicted octanol–water partition coefficient (Wildman–Crippen LogP) is 8.68. The highest BCUT2D eigenvalue weighted by molar-refractivity contribution is 5.88. The fourth-order valence-corrected chi connectivity index (χ4v) is 9.56. The molecule has 434 valence electrons. The first-order chi connectivity index (χ1) is 36.9. The number of nitrogens with one attached hydrogen (secondary N) is 2. The summed E-state index contributed by atoms with van der Waals surface area (Å²) >= 11 is 0. The minimum absolute atomic E-state index is 0.152. The minimum Gasteiger partial charge on any atom is -0.469 e. The second-order valence-electron chi connectivity index (χ2n) is 21.1. The smallest absolute Gasteiger partial charge is 0.407 e. The Balaban J connectivity index is 1.35. The van der Waals surface area contributed by atoms with Gasteiger partial charge in [0.1, 0.15) is 23.5 Å². The number of alkyl carbamates (subject to hydrolysis) is 1. The van der Waals surface area contributed by atoms with Gasteiger partial charge in [0, 0.05) is 73.8 Å². The largest absolute Gasteiger partial charge is 0.469 e. The Morgan fingerprint density at radius 2 is 1.44 bits per heavy atom. The Bertz CT molecular complexity index is 2730. The highest BCUT2D eigenvalue weighted by atomic mass is 19.4. The number of Topliss-reactive ketones (excluding diaryl/α,β-unsaturated/α-hetero) is 1. The van der Waals surface area contributed by atoms with E-state index in [-0.39, 0.29) is 34.4 Å². The van der Waals surface area contributed by atoms with Crippen molar-refractivity contribution >= 4 is 29.6 Å². The number of hydrazine groups is 1. The molecule has 2 aliphatic heterocycles. The molecule has 4 aromatic rings. The Labute approximate surface area is 449 Å². The van der Waals surface area contributed by atoms with E-state index in [0.29, 0.717) is 80.8 Å². The molecule has 0 radical (unpaired) electrons. The third-order valence-corrected chi connectivity index (χ3v) is 15.0. The summed E-state index contributed by atoms with van der Waals surface area (Å²) in [5.41, 5.74) is -3.61. The van der Waals surface area contributed by atoms with Crippen LogP contribution in [0.4, 0.5) is 54.5 Å². The van der Waals surface area contributed by atoms with Crippen LogP contribution < -0.4 is 15.6 Å². The maximum atomic E-state index is 16.1. The molecule has 0 bridgehead atoms. The average molecular weight is 1130 g/mol. The van der Waals surface area contributed by atoms with Crippen molar-refractivity contribution in [2.24, 2.45) is 22.7 Å². The molecule has 2 aromatic heterocycles. The zero-order valence-electron chi connectivity index (χ0n) is 44.6. The lowest BCUT2D eigenvalue weighted by atomic mass is 9.75. The number of hydrogen-bond donors (Lipinski definition) is 3. The van der Waals surface area contributed by atoms with E-state index in [9.17, 15) is 59.4 Å². The fourth-order valence-electron chi connectivity index (χ4n) is 9.56. The van der Waals surface area contributed by atoms with Gasteiger partial charge < -0.3 is 29.5 Å². The van der Waals surface area contributed by atoms with Gasteiger partial charge in [-0.05, 0) is 81.5 Å². The van der Waals surface area contributed by atoms with Crippen LogP contribution in [-0.2, 0) is 41.6 Å². The molecule has 2 aliphatic rings. The number of nitrogens with zero attached hydrogens (tertiary/aromatic N) is 6. The lowest BCUT2D eigenvalue weighted by molar-refractivity contribution is -0.231. The van der Waals surface area contributed by atoms with E-state index >= 15 is 8.78 Å². The van der Waals surface area contributed by atoms with E-state index in [1.165, 1.54) is 0 Å². The minimum atomic E-state index is -5.16. The molecule has 2 saturated heterocycles. The monoisotopic (exact) mass is 1130 g/mol. The summed E-state index contributed by atoms with van der Waals surface area (Å²) in [4.78, 5) is 62.7. The van der Waals surface area contributed by atoms with Crippen molar-refractivity contribution in [2.75, 3.05) is 52.0 Å². The molecular weight excluding hydrogens is 1070 g/mol. The van der Waals surface area contributed by atoms with Gasteiger partial charge in [-0.25, -0.2) is 28.3 Å². The highest BCUT2D eigenvalue weighted by Crippen LogP contribution is 2.46. The third-order valence-electron chi connectivity index (χ3n) is 15.0. The summed E-state index contributed by atoms with van der Waals surface area (Å²) < 4.78 is 161. The number of halogens is 10. The van der Waals surface area contributed by atoms with Crippen molar-refractivity contribution in [2.45, 2.75) is 117 Å². The van der Waals surface area contributed by atoms with Crippen molar-refractivity contribution in [3.63, 3.8) is 0 Å². The predicted molar refractivity (Wildman–Crippen MR) is 267 cm³/mol. The number of methoxy groups -OCH3 is 2. The number of pyridine rings is 1. The average Bonchev–Trinajstić information content (AvgIpc) is 3.90. The molecule has 2 fully saturated rings. The molecule has 26 heteroatoms. The molecule has 6 atom stereocenters. The standard InChI is InChI=1S/C53H64F10N8O8/c1-29-24-70(30(2)23-69(29)36-27-79-28-36)44-14-13-33(22-64-44)32-11-9-31(10-12-32)17-35(20-42(72)46(65-49(76)78-8)51(5,6)53(61,62)63)43(73)26-68(67-47(75)38(21-45(74)77-7)50(3,4)52(58,59)60)25-37-39(54)18-34(19-40(37)55)41-15-16-71(66-41)48(56)57/h9-16,18-19,22,29-30,35-36,38,43,46,48,73H,17,20-21,23-28H2,1-8H3,(H,65,76)(H,67,75)/t29-,30-,35-,38-,43+,46-/m1/s1. The number of ketones is 1. The third kappa shape index (κ3) is 14.5. The number of hydrogen-bond acceptors (Lipinski definition) is 13. The van der Waals surface area contributed by atoms with Gasteiger partial charge in [0.2, 0.25) is 5.91 Å². The van der Waals surface area contributed by atoms with Crippen LogP contribution in [0.5, 0.6) is 0 Å². The quantitative estimate of drug-likeness (QED) is 0.0387. The number of ether oxygens (including phenoxy) is 3. The number of anilines is 1. The van der Waals surface area contributed by atoms with E-state index in [4.69, 9.17) is 9.72 Å². The summed E-state index contributed by atoms with van der Waals surface area (Å²) in [6.07, 6.45) is -13.6. The number of piperazine rings is 1. The second-order valence-corrected chi connectivity index (χ2v) is 21.1. The number of esters is 1. The number of benzene rings is 2. The summed E-state index contributed by atoms with van der Waals surface area (Å²) in [7, 11) is 1.70. The maximum Gasteiger partial charge on any atom is 0.407 e. The molecule has 4 heterocycles. The van der Waals surface area contributed by atoms with Gasteiger partial charge in [-0.2, -0.15) is 40.2 Å². The van der Waals surface area contributed by atoms with E-state index in [2.05, 4.69) is 43.6 Å². The molecule has 3 N–H and O–H groups in total. The Kier molecular flexibility index (Phi) is 19.5. The van der Waals surface area contributed by atoms with E-state index in [1.54, 1.807) is 30.5 Å². The first kappa shape index (κ1) is 61.8. The molecule has 0 aliphatic carbocycles. The second kappa shape index (κ2) is 25.0. The molecule has 2 aromatic carbocycles. The van der Waals surface area contributed by atoms with Crippen molar-refractivity contribution in [3.05, 3.63) is 89.8 Å². The maximum absolute atomic E-state index is 16.1. The van der Waals surface area contributed by atoms with Crippen LogP contribution in [0.2, 0.25) is 0 Å². The van der Waals surface area contributed by atoms with Gasteiger partial charge in [0.25, 0.3) is 0 Å². The van der Waals surface area contributed by atoms with Crippen LogP contribution in [0, 0.1) is 34.3 Å². The molecule has 2 amide bonds. The summed E-state index contributed by atoms with van der Waals surface area (Å²) in [5, 5.41) is 18.3. The first-order valence-corrected chi connectivity index (χ1v) is 25.1. The lowest BCUT2D eigenvalue weighted by Gasteiger charge is -2.49. The van der Waals surface area contributed by atoms with Gasteiger partial charge in [-0.1, -0.05) is 38.1 Å². The number of rotatable bonds is 22. The van der Waals surface area contributed by atoms with Crippen LogP contribution >= 0.6 is 0 Å². The number of aromatic nitrogens is 3. The molecule has 0 spiro atoms. The number of aliphatic hydroxyl groups excluding tert-OH is 1. The summed E-state index contributed by atoms with van der Waals surface area (Å²) in [5.74, 6) is -9.89. The van der Waals surface area contributed by atoms with E-state index in [0.717, 1.165) is 45.4 Å². The fraction of sp³-hybridized carbons (Fsp3) is 0.547. The zero-order valence-corrected chi connectivity index (χ0v) is 44.6. The number of amides is 2. The van der Waals surface area contributed by atoms with Crippen LogP contribution in [0.3, 0.4) is 0 Å². The van der Waals surface area contributed by atoms with Gasteiger partial charge in [-0.3, -0.25) is 24.7 Å². The summed E-state index contributed by atoms with van der Waals surface area (Å²) in [6.45, 7) is 4.51. The van der Waals surface area contributed by atoms with Crippen LogP contribution in [0.25, 0.3) is 22.4 Å². The Hall–Kier alpha value is -6.38. The van der Waals surface area contributed by atoms with Crippen molar-refractivity contribution in [1.82, 2.24) is 35.4 Å². The molecule has 0 unspecified atom stereocenters. The van der Waals surface area contributed by atoms with Gasteiger partial charge in [0.15, 0.2) is 5.78 Å². The molecule has 79 heavy (non-hydrogen) atoms. The van der Waals surface area contributed by atoms with Crippen molar-refractivity contribution < 1.29 is 82.4 Å². The van der Waals surface area contributed by atoms with Crippen LogP contribution in [0.1, 0.15) is 72.1 Å². The molecule has 6 rings (SSSR count). The van der Waals surface area contributed by atoms with Crippen molar-refractivity contribution in [3.8, 4) is 22.4 Å². The van der Waals surface area contributed by atoms with Gasteiger partial charge >= 0.3 is 31.0 Å². The topological polar surface area (TPSA) is 181 Å². The van der Waals surface area contributed by atoms with Crippen molar-refractivity contribution in [1.29, 1.82) is 0 Å². The lowest BCUT2D eigenvalue weighted by Crippen LogP contribution is -2.63. The summed E-state index contributed by atoms with van der Waals surface area (Å²) in [6, 6.07) is 11.2. The number of carbonyl (C=O) groups is 4. The Morgan fingerprint density at radius 3 is 1.96 bits per heavy atom. The number of aliphatic hydroxyl groups is 1. The first-order valence-electron chi connectivity index (χ1n) is 25.1. The van der Waals surface area contributed by atoms with Crippen LogP contribution in [-0.4, -0.2) is 143 Å². The normalized spacial score (nSPS) is 18.4. The number of alkyl halides is 8. The SMILES string of the molecule is COC(=O)C[C@H](C(=O)NN(Cc1c(F)cc(-c2ccn(C(F)F)n2)cc1F)C[C@H](O)[C@@H](CC(=O)[C@@H](NC(=O)OC)C(C)(C)C(F)(F)F)Cc1ccc(-c2ccc(N3C[C@@H](C)N(C4COC4)C[C@H]3C)nc2)cc1)C(C)(C)C(F)(F)F. The van der Waals surface area contributed by atoms with E-state index < -0.39 is 121 Å². The molecule has 16 nitrogen and oxygen atoms in total. The van der Waals surface area contributed by atoms with Crippen LogP contribution in [0.15, 0.2) is 67.0 Å². The Morgan fingerprint density at radius 1 is 0.823 bits per heavy atom. The van der Waals surface area contributed by atoms with E-state index in [1.807, 2.05) is 17.4 Å². The van der Waals surface area contributed by atoms with Gasteiger partial charge in [0.05, 0.1) is 68.4 Å². The highest BCUT2D eigenvalue weighted by Gasteiger charge is 2.57. The molecule has 0 saturated carbocycles. The van der Waals surface area contributed by atoms with Gasteiger partial charge in [-0.15, -0.1) is 0 Å². The zero-order chi connectivity index (χ0) is 58.5.